The molecule has 0 aliphatic rings. The van der Waals surface area contributed by atoms with Crippen molar-refractivity contribution in [1.29, 1.82) is 0 Å². The fraction of sp³-hybridized carbons (Fsp3) is 0.222. The van der Waals surface area contributed by atoms with Crippen molar-refractivity contribution >= 4 is 39.2 Å². The highest BCUT2D eigenvalue weighted by Gasteiger charge is 2.21. The number of nitrogens with two attached hydrogens (primary N) is 1. The van der Waals surface area contributed by atoms with Crippen LogP contribution in [0.25, 0.3) is 0 Å². The van der Waals surface area contributed by atoms with Crippen molar-refractivity contribution < 1.29 is 14.3 Å². The fourth-order valence-electron chi connectivity index (χ4n) is 2.17. The topological polar surface area (TPSA) is 81.4 Å². The van der Waals surface area contributed by atoms with Gasteiger partial charge in [0.2, 0.25) is 0 Å². The molecule has 0 fully saturated rings. The Morgan fingerprint density at radius 1 is 1.17 bits per heavy atom. The third-order valence-electron chi connectivity index (χ3n) is 3.53. The number of halogens is 1. The Labute approximate surface area is 149 Å². The van der Waals surface area contributed by atoms with Gasteiger partial charge in [-0.2, -0.15) is 0 Å². The lowest BCUT2D eigenvalue weighted by Crippen LogP contribution is -2.30. The number of nitrogen functional groups attached to an aromatic ring is 1. The van der Waals surface area contributed by atoms with Gasteiger partial charge in [-0.3, -0.25) is 4.79 Å². The first-order chi connectivity index (χ1) is 11.3. The van der Waals surface area contributed by atoms with Crippen molar-refractivity contribution in [2.75, 3.05) is 11.1 Å². The van der Waals surface area contributed by atoms with Crippen LogP contribution in [0.15, 0.2) is 40.9 Å². The summed E-state index contributed by atoms with van der Waals surface area (Å²) in [7, 11) is 0. The number of nitrogens with one attached hydrogen (secondary N) is 1. The highest BCUT2D eigenvalue weighted by atomic mass is 79.9. The summed E-state index contributed by atoms with van der Waals surface area (Å²) in [5, 5.41) is 2.76. The highest BCUT2D eigenvalue weighted by molar-refractivity contribution is 9.10. The monoisotopic (exact) mass is 390 g/mol. The van der Waals surface area contributed by atoms with Crippen molar-refractivity contribution in [3.8, 4) is 0 Å². The molecule has 1 amide bonds. The number of amides is 1. The van der Waals surface area contributed by atoms with Crippen LogP contribution in [0.2, 0.25) is 0 Å². The first-order valence-electron chi connectivity index (χ1n) is 7.42. The van der Waals surface area contributed by atoms with Gasteiger partial charge in [0.1, 0.15) is 0 Å². The second-order valence-electron chi connectivity index (χ2n) is 5.59. The molecule has 0 aliphatic carbocycles. The number of esters is 1. The number of benzene rings is 2. The third kappa shape index (κ3) is 4.35. The number of hydrogen-bond donors (Lipinski definition) is 2. The summed E-state index contributed by atoms with van der Waals surface area (Å²) in [5.74, 6) is -1.04. The smallest absolute Gasteiger partial charge is 0.341 e. The zero-order valence-electron chi connectivity index (χ0n) is 13.7. The van der Waals surface area contributed by atoms with Crippen LogP contribution in [0.3, 0.4) is 0 Å². The van der Waals surface area contributed by atoms with Gasteiger partial charge in [0.05, 0.1) is 5.56 Å². The zero-order valence-corrected chi connectivity index (χ0v) is 15.3. The van der Waals surface area contributed by atoms with Crippen LogP contribution in [0.1, 0.15) is 28.4 Å². The Kier molecular flexibility index (Phi) is 5.62. The van der Waals surface area contributed by atoms with Gasteiger partial charge in [-0.25, -0.2) is 4.79 Å². The first kappa shape index (κ1) is 18.0. The highest BCUT2D eigenvalue weighted by Crippen LogP contribution is 2.20. The van der Waals surface area contributed by atoms with Crippen molar-refractivity contribution in [3.05, 3.63) is 57.6 Å². The van der Waals surface area contributed by atoms with Crippen molar-refractivity contribution in [1.82, 2.24) is 0 Å². The second-order valence-corrected chi connectivity index (χ2v) is 6.50. The van der Waals surface area contributed by atoms with Crippen molar-refractivity contribution in [2.24, 2.45) is 0 Å². The standard InChI is InChI=1S/C18H19BrN2O3/c1-10-4-7-16(11(2)8-10)21-17(22)12(3)24-18(23)14-9-13(19)5-6-15(14)20/h4-9,12H,20H2,1-3H3,(H,21,22)/t12-/m0/s1. The van der Waals surface area contributed by atoms with Gasteiger partial charge in [0, 0.05) is 15.8 Å². The Hall–Kier alpha value is -2.34. The third-order valence-corrected chi connectivity index (χ3v) is 4.02. The largest absolute Gasteiger partial charge is 0.449 e. The van der Waals surface area contributed by atoms with Crippen LogP contribution in [0.5, 0.6) is 0 Å². The number of hydrogen-bond acceptors (Lipinski definition) is 4. The molecular weight excluding hydrogens is 372 g/mol. The fourth-order valence-corrected chi connectivity index (χ4v) is 2.53. The van der Waals surface area contributed by atoms with Gasteiger partial charge in [-0.15, -0.1) is 0 Å². The minimum atomic E-state index is -0.948. The molecule has 0 saturated heterocycles. The lowest BCUT2D eigenvalue weighted by atomic mass is 10.1. The molecule has 0 aromatic heterocycles. The molecule has 0 saturated carbocycles. The maximum absolute atomic E-state index is 12.2. The van der Waals surface area contributed by atoms with E-state index in [2.05, 4.69) is 21.2 Å². The normalized spacial score (nSPS) is 11.7. The molecule has 0 radical (unpaired) electrons. The average molecular weight is 391 g/mol. The number of carbonyl (C=O) groups excluding carboxylic acids is 2. The SMILES string of the molecule is Cc1ccc(NC(=O)[C@H](C)OC(=O)c2cc(Br)ccc2N)c(C)c1. The molecular formula is C18H19BrN2O3. The second kappa shape index (κ2) is 7.49. The summed E-state index contributed by atoms with van der Waals surface area (Å²) in [6, 6.07) is 10.6. The number of rotatable bonds is 4. The Morgan fingerprint density at radius 3 is 2.54 bits per heavy atom. The molecule has 3 N–H and O–H groups in total. The van der Waals surface area contributed by atoms with Crippen LogP contribution in [0, 0.1) is 13.8 Å². The summed E-state index contributed by atoms with van der Waals surface area (Å²) in [6.45, 7) is 5.40. The van der Waals surface area contributed by atoms with E-state index < -0.39 is 18.0 Å². The number of ether oxygens (including phenoxy) is 1. The summed E-state index contributed by atoms with van der Waals surface area (Å²) in [4.78, 5) is 24.4. The summed E-state index contributed by atoms with van der Waals surface area (Å²) >= 11 is 3.28. The Morgan fingerprint density at radius 2 is 1.88 bits per heavy atom. The molecule has 2 aromatic carbocycles. The van der Waals surface area contributed by atoms with E-state index in [4.69, 9.17) is 10.5 Å². The van der Waals surface area contributed by atoms with E-state index in [0.717, 1.165) is 11.1 Å². The van der Waals surface area contributed by atoms with Crippen molar-refractivity contribution in [2.45, 2.75) is 26.9 Å². The number of carbonyl (C=O) groups is 2. The summed E-state index contributed by atoms with van der Waals surface area (Å²) in [6.07, 6.45) is -0.948. The van der Waals surface area contributed by atoms with Crippen LogP contribution in [0.4, 0.5) is 11.4 Å². The Bertz CT molecular complexity index is 790. The van der Waals surface area contributed by atoms with Gasteiger partial charge in [-0.05, 0) is 50.6 Å². The van der Waals surface area contributed by atoms with Gasteiger partial charge in [-0.1, -0.05) is 33.6 Å². The van der Waals surface area contributed by atoms with Gasteiger partial charge >= 0.3 is 5.97 Å². The summed E-state index contributed by atoms with van der Waals surface area (Å²) < 4.78 is 5.92. The average Bonchev–Trinajstić information content (AvgIpc) is 2.52. The molecule has 24 heavy (non-hydrogen) atoms. The molecule has 0 bridgehead atoms. The molecule has 2 aromatic rings. The van der Waals surface area contributed by atoms with Gasteiger partial charge in [0.15, 0.2) is 6.10 Å². The van der Waals surface area contributed by atoms with Crippen LogP contribution in [-0.4, -0.2) is 18.0 Å². The summed E-state index contributed by atoms with van der Waals surface area (Å²) in [5.41, 5.74) is 9.03. The zero-order chi connectivity index (χ0) is 17.9. The van der Waals surface area contributed by atoms with Crippen LogP contribution in [-0.2, 0) is 9.53 Å². The van der Waals surface area contributed by atoms with E-state index in [9.17, 15) is 9.59 Å². The lowest BCUT2D eigenvalue weighted by molar-refractivity contribution is -0.123. The van der Waals surface area contributed by atoms with E-state index in [-0.39, 0.29) is 5.56 Å². The molecule has 0 aliphatic heterocycles. The molecule has 0 heterocycles. The predicted molar refractivity (Wildman–Crippen MR) is 98.0 cm³/mol. The van der Waals surface area contributed by atoms with Crippen LogP contribution < -0.4 is 11.1 Å². The minimum absolute atomic E-state index is 0.218. The number of aryl methyl sites for hydroxylation is 2. The van der Waals surface area contributed by atoms with E-state index >= 15 is 0 Å². The molecule has 6 heteroatoms. The quantitative estimate of drug-likeness (QED) is 0.613. The molecule has 0 spiro atoms. The minimum Gasteiger partial charge on any atom is -0.449 e. The molecule has 126 valence electrons. The van der Waals surface area contributed by atoms with E-state index in [0.29, 0.717) is 15.8 Å². The lowest BCUT2D eigenvalue weighted by Gasteiger charge is -2.15. The molecule has 0 unspecified atom stereocenters. The molecule has 5 nitrogen and oxygen atoms in total. The van der Waals surface area contributed by atoms with Crippen molar-refractivity contribution in [3.63, 3.8) is 0 Å². The van der Waals surface area contributed by atoms with Crippen LogP contribution >= 0.6 is 15.9 Å². The van der Waals surface area contributed by atoms with E-state index in [1.807, 2.05) is 32.0 Å². The Balaban J connectivity index is 2.05. The predicted octanol–water partition coefficient (Wildman–Crippen LogP) is 3.83. The number of anilines is 2. The maximum Gasteiger partial charge on any atom is 0.341 e. The van der Waals surface area contributed by atoms with E-state index in [1.54, 1.807) is 18.2 Å². The first-order valence-corrected chi connectivity index (χ1v) is 8.21. The maximum atomic E-state index is 12.2. The molecule has 1 atom stereocenters. The molecule has 2 rings (SSSR count). The van der Waals surface area contributed by atoms with Gasteiger partial charge < -0.3 is 15.8 Å². The van der Waals surface area contributed by atoms with E-state index in [1.165, 1.54) is 6.92 Å². The van der Waals surface area contributed by atoms with Gasteiger partial charge in [0.25, 0.3) is 5.91 Å².